The van der Waals surface area contributed by atoms with E-state index in [1.54, 1.807) is 0 Å². The Bertz CT molecular complexity index is 633. The fourth-order valence-electron chi connectivity index (χ4n) is 2.42. The Kier molecular flexibility index (Phi) is 5.02. The van der Waals surface area contributed by atoms with Crippen molar-refractivity contribution in [2.45, 2.75) is 33.7 Å². The van der Waals surface area contributed by atoms with Crippen LogP contribution in [-0.4, -0.2) is 12.5 Å². The highest BCUT2D eigenvalue weighted by molar-refractivity contribution is 7.12. The van der Waals surface area contributed by atoms with Crippen molar-refractivity contribution in [1.82, 2.24) is 5.32 Å². The van der Waals surface area contributed by atoms with Crippen LogP contribution in [0.1, 0.15) is 45.6 Å². The van der Waals surface area contributed by atoms with Crippen molar-refractivity contribution >= 4 is 22.9 Å². The Morgan fingerprint density at radius 3 is 2.67 bits per heavy atom. The molecule has 0 saturated heterocycles. The Morgan fingerprint density at radius 1 is 1.29 bits per heavy atom. The third-order valence-electron chi connectivity index (χ3n) is 3.39. The first-order valence-electron chi connectivity index (χ1n) is 7.23. The van der Waals surface area contributed by atoms with E-state index < -0.39 is 0 Å². The molecule has 0 spiro atoms. The molecule has 1 heterocycles. The van der Waals surface area contributed by atoms with Crippen molar-refractivity contribution < 1.29 is 4.79 Å². The van der Waals surface area contributed by atoms with E-state index in [4.69, 9.17) is 0 Å². The smallest absolute Gasteiger partial charge is 0.251 e. The molecule has 0 radical (unpaired) electrons. The van der Waals surface area contributed by atoms with Gasteiger partial charge in [-0.3, -0.25) is 4.79 Å². The van der Waals surface area contributed by atoms with E-state index in [1.807, 2.05) is 42.5 Å². The van der Waals surface area contributed by atoms with Crippen LogP contribution in [0.4, 0.5) is 5.69 Å². The molecule has 3 nitrogen and oxygen atoms in total. The zero-order valence-corrected chi connectivity index (χ0v) is 13.8. The van der Waals surface area contributed by atoms with E-state index in [-0.39, 0.29) is 11.9 Å². The second kappa shape index (κ2) is 6.76. The minimum absolute atomic E-state index is 0.0311. The summed E-state index contributed by atoms with van der Waals surface area (Å²) >= 11 is 1.82. The van der Waals surface area contributed by atoms with E-state index in [0.29, 0.717) is 12.1 Å². The van der Waals surface area contributed by atoms with Gasteiger partial charge in [0, 0.05) is 33.6 Å². The molecule has 0 saturated carbocycles. The molecule has 21 heavy (non-hydrogen) atoms. The number of amides is 1. The second-order valence-corrected chi connectivity index (χ2v) is 6.64. The molecule has 2 N–H and O–H groups in total. The summed E-state index contributed by atoms with van der Waals surface area (Å²) in [6.07, 6.45) is 0. The monoisotopic (exact) mass is 302 g/mol. The lowest BCUT2D eigenvalue weighted by Crippen LogP contribution is -2.22. The van der Waals surface area contributed by atoms with Gasteiger partial charge in [-0.15, -0.1) is 11.3 Å². The molecular formula is C17H22N2OS. The van der Waals surface area contributed by atoms with Gasteiger partial charge in [0.1, 0.15) is 0 Å². The lowest BCUT2D eigenvalue weighted by Gasteiger charge is -2.16. The van der Waals surface area contributed by atoms with Crippen molar-refractivity contribution in [1.29, 1.82) is 0 Å². The Hall–Kier alpha value is -1.81. The fourth-order valence-corrected chi connectivity index (χ4v) is 3.44. The maximum Gasteiger partial charge on any atom is 0.251 e. The molecule has 1 unspecified atom stereocenters. The molecule has 0 bridgehead atoms. The van der Waals surface area contributed by atoms with Gasteiger partial charge in [-0.1, -0.05) is 6.07 Å². The molecule has 112 valence electrons. The number of benzene rings is 1. The number of hydrogen-bond acceptors (Lipinski definition) is 3. The summed E-state index contributed by atoms with van der Waals surface area (Å²) in [6, 6.07) is 10.1. The molecule has 0 fully saturated rings. The van der Waals surface area contributed by atoms with Crippen LogP contribution in [0.15, 0.2) is 30.3 Å². The normalized spacial score (nSPS) is 12.0. The molecule has 2 rings (SSSR count). The summed E-state index contributed by atoms with van der Waals surface area (Å²) in [5, 5.41) is 6.30. The molecule has 1 aromatic heterocycles. The van der Waals surface area contributed by atoms with Crippen molar-refractivity contribution in [2.24, 2.45) is 0 Å². The molecule has 4 heteroatoms. The number of thiophene rings is 1. The van der Waals surface area contributed by atoms with Gasteiger partial charge in [-0.2, -0.15) is 0 Å². The van der Waals surface area contributed by atoms with Crippen LogP contribution >= 0.6 is 11.3 Å². The summed E-state index contributed by atoms with van der Waals surface area (Å²) in [7, 11) is 0. The van der Waals surface area contributed by atoms with E-state index >= 15 is 0 Å². The summed E-state index contributed by atoms with van der Waals surface area (Å²) in [5.41, 5.74) is 2.97. The molecular weight excluding hydrogens is 280 g/mol. The predicted octanol–water partition coefficient (Wildman–Crippen LogP) is 4.29. The van der Waals surface area contributed by atoms with Crippen LogP contribution < -0.4 is 10.6 Å². The lowest BCUT2D eigenvalue weighted by atomic mass is 10.1. The van der Waals surface area contributed by atoms with Crippen LogP contribution in [0.25, 0.3) is 0 Å². The highest BCUT2D eigenvalue weighted by Gasteiger charge is 2.12. The first kappa shape index (κ1) is 15.6. The Morgan fingerprint density at radius 2 is 2.05 bits per heavy atom. The van der Waals surface area contributed by atoms with Crippen LogP contribution in [0.5, 0.6) is 0 Å². The van der Waals surface area contributed by atoms with Crippen molar-refractivity contribution in [2.75, 3.05) is 11.9 Å². The second-order valence-electron chi connectivity index (χ2n) is 5.17. The van der Waals surface area contributed by atoms with Crippen molar-refractivity contribution in [3.63, 3.8) is 0 Å². The largest absolute Gasteiger partial charge is 0.378 e. The number of carbonyl (C=O) groups is 1. The maximum absolute atomic E-state index is 11.9. The highest BCUT2D eigenvalue weighted by atomic mass is 32.1. The highest BCUT2D eigenvalue weighted by Crippen LogP contribution is 2.28. The number of carbonyl (C=O) groups excluding carboxylic acids is 1. The van der Waals surface area contributed by atoms with Gasteiger partial charge in [0.2, 0.25) is 0 Å². The fraction of sp³-hybridized carbons (Fsp3) is 0.353. The van der Waals surface area contributed by atoms with Crippen LogP contribution in [0, 0.1) is 13.8 Å². The average Bonchev–Trinajstić information content (AvgIpc) is 2.78. The van der Waals surface area contributed by atoms with Crippen LogP contribution in [0.2, 0.25) is 0 Å². The summed E-state index contributed by atoms with van der Waals surface area (Å²) < 4.78 is 0. The number of hydrogen-bond donors (Lipinski definition) is 2. The Balaban J connectivity index is 2.14. The molecule has 0 aliphatic rings. The van der Waals surface area contributed by atoms with Gasteiger partial charge in [0.25, 0.3) is 5.91 Å². The summed E-state index contributed by atoms with van der Waals surface area (Å²) in [5.74, 6) is -0.0311. The SMILES string of the molecule is CCNC(=O)c1cccc(NC(C)c2cc(C)sc2C)c1. The minimum Gasteiger partial charge on any atom is -0.378 e. The number of rotatable bonds is 5. The van der Waals surface area contributed by atoms with Gasteiger partial charge >= 0.3 is 0 Å². The number of nitrogens with one attached hydrogen (secondary N) is 2. The van der Waals surface area contributed by atoms with E-state index in [2.05, 4.69) is 37.5 Å². The molecule has 0 aliphatic carbocycles. The zero-order chi connectivity index (χ0) is 15.4. The minimum atomic E-state index is -0.0311. The average molecular weight is 302 g/mol. The van der Waals surface area contributed by atoms with E-state index in [0.717, 1.165) is 5.69 Å². The molecule has 1 amide bonds. The van der Waals surface area contributed by atoms with Crippen LogP contribution in [0.3, 0.4) is 0 Å². The lowest BCUT2D eigenvalue weighted by molar-refractivity contribution is 0.0956. The third kappa shape index (κ3) is 3.85. The third-order valence-corrected chi connectivity index (χ3v) is 4.37. The topological polar surface area (TPSA) is 41.1 Å². The molecule has 1 atom stereocenters. The summed E-state index contributed by atoms with van der Waals surface area (Å²) in [4.78, 5) is 14.5. The van der Waals surface area contributed by atoms with Gasteiger partial charge in [0.05, 0.1) is 0 Å². The van der Waals surface area contributed by atoms with Gasteiger partial charge < -0.3 is 10.6 Å². The number of aryl methyl sites for hydroxylation is 2. The summed E-state index contributed by atoms with van der Waals surface area (Å²) in [6.45, 7) is 8.98. The van der Waals surface area contributed by atoms with Crippen LogP contribution in [-0.2, 0) is 0 Å². The molecule has 2 aromatic rings. The number of anilines is 1. The van der Waals surface area contributed by atoms with E-state index in [1.165, 1.54) is 15.3 Å². The molecule has 1 aromatic carbocycles. The maximum atomic E-state index is 11.9. The first-order valence-corrected chi connectivity index (χ1v) is 8.04. The zero-order valence-electron chi connectivity index (χ0n) is 13.0. The molecule has 0 aliphatic heterocycles. The van der Waals surface area contributed by atoms with E-state index in [9.17, 15) is 4.79 Å². The predicted molar refractivity (Wildman–Crippen MR) is 90.3 cm³/mol. The Labute approximate surface area is 130 Å². The quantitative estimate of drug-likeness (QED) is 0.865. The first-order chi connectivity index (χ1) is 10.0. The standard InChI is InChI=1S/C17H22N2OS/c1-5-18-17(20)14-7-6-8-15(10-14)19-12(3)16-9-11(2)21-13(16)4/h6-10,12,19H,5H2,1-4H3,(H,18,20). The van der Waals surface area contributed by atoms with Crippen molar-refractivity contribution in [3.05, 3.63) is 51.2 Å². The van der Waals surface area contributed by atoms with Gasteiger partial charge in [0.15, 0.2) is 0 Å². The van der Waals surface area contributed by atoms with Crippen molar-refractivity contribution in [3.8, 4) is 0 Å². The van der Waals surface area contributed by atoms with Gasteiger partial charge in [-0.25, -0.2) is 0 Å². The van der Waals surface area contributed by atoms with Gasteiger partial charge in [-0.05, 0) is 57.5 Å².